The van der Waals surface area contributed by atoms with Gasteiger partial charge < -0.3 is 10.6 Å². The Morgan fingerprint density at radius 1 is 1.08 bits per heavy atom. The van der Waals surface area contributed by atoms with Gasteiger partial charge in [-0.25, -0.2) is 9.78 Å². The first kappa shape index (κ1) is 19.7. The normalized spacial score (nSPS) is 10.7. The maximum atomic E-state index is 11.8. The van der Waals surface area contributed by atoms with E-state index >= 15 is 0 Å². The summed E-state index contributed by atoms with van der Waals surface area (Å²) in [5.41, 5.74) is 2.45. The largest absolute Gasteiger partial charge is 0.337 e. The van der Waals surface area contributed by atoms with Crippen molar-refractivity contribution in [2.24, 2.45) is 5.92 Å². The summed E-state index contributed by atoms with van der Waals surface area (Å²) in [6.45, 7) is 5.60. The van der Waals surface area contributed by atoms with Gasteiger partial charge in [-0.05, 0) is 46.4 Å². The molecule has 2 aromatic rings. The average molecular weight is 376 g/mol. The van der Waals surface area contributed by atoms with Gasteiger partial charge in [-0.15, -0.1) is 0 Å². The Morgan fingerprint density at radius 3 is 2.52 bits per heavy atom. The van der Waals surface area contributed by atoms with Gasteiger partial charge in [0.25, 0.3) is 0 Å². The number of carbonyl (C=O) groups is 1. The minimum atomic E-state index is -0.130. The maximum Gasteiger partial charge on any atom is 0.315 e. The zero-order chi connectivity index (χ0) is 17.9. The molecule has 0 unspecified atom stereocenters. The molecular weight excluding hydrogens is 350 g/mol. The Bertz CT molecular complexity index is 633. The third-order valence-electron chi connectivity index (χ3n) is 3.37. The van der Waals surface area contributed by atoms with E-state index in [4.69, 9.17) is 0 Å². The molecule has 134 valence electrons. The van der Waals surface area contributed by atoms with Crippen molar-refractivity contribution in [1.82, 2.24) is 15.6 Å². The summed E-state index contributed by atoms with van der Waals surface area (Å²) in [6, 6.07) is 14.2. The second-order valence-electron chi connectivity index (χ2n) is 6.10. The van der Waals surface area contributed by atoms with Crippen molar-refractivity contribution < 1.29 is 4.79 Å². The molecule has 0 aliphatic carbocycles. The number of benzene rings is 1. The Labute approximate surface area is 158 Å². The Kier molecular flexibility index (Phi) is 8.69. The van der Waals surface area contributed by atoms with Crippen LogP contribution in [0.4, 0.5) is 4.79 Å². The van der Waals surface area contributed by atoms with Crippen LogP contribution in [0, 0.1) is 5.92 Å². The third-order valence-corrected chi connectivity index (χ3v) is 5.64. The number of pyridine rings is 1. The number of hydrogen-bond acceptors (Lipinski definition) is 4. The lowest BCUT2D eigenvalue weighted by atomic mass is 10.0. The molecule has 6 heteroatoms. The van der Waals surface area contributed by atoms with Crippen molar-refractivity contribution >= 4 is 27.6 Å². The zero-order valence-corrected chi connectivity index (χ0v) is 16.3. The van der Waals surface area contributed by atoms with Crippen molar-refractivity contribution in [3.63, 3.8) is 0 Å². The lowest BCUT2D eigenvalue weighted by Crippen LogP contribution is -2.36. The monoisotopic (exact) mass is 375 g/mol. The summed E-state index contributed by atoms with van der Waals surface area (Å²) < 4.78 is 0. The molecule has 2 rings (SSSR count). The fourth-order valence-electron chi connectivity index (χ4n) is 2.21. The smallest absolute Gasteiger partial charge is 0.315 e. The highest BCUT2D eigenvalue weighted by atomic mass is 33.1. The van der Waals surface area contributed by atoms with Crippen LogP contribution in [-0.4, -0.2) is 23.3 Å². The van der Waals surface area contributed by atoms with Gasteiger partial charge in [0.2, 0.25) is 0 Å². The summed E-state index contributed by atoms with van der Waals surface area (Å²) in [5, 5.41) is 6.75. The molecule has 0 saturated heterocycles. The van der Waals surface area contributed by atoms with Gasteiger partial charge in [-0.2, -0.15) is 0 Å². The fraction of sp³-hybridized carbons (Fsp3) is 0.368. The van der Waals surface area contributed by atoms with Crippen LogP contribution in [-0.2, 0) is 13.0 Å². The van der Waals surface area contributed by atoms with E-state index in [1.165, 1.54) is 5.56 Å². The van der Waals surface area contributed by atoms with E-state index in [0.29, 0.717) is 19.0 Å². The molecule has 0 aliphatic rings. The van der Waals surface area contributed by atoms with Crippen LogP contribution in [0.15, 0.2) is 53.7 Å². The number of urea groups is 1. The molecule has 25 heavy (non-hydrogen) atoms. The van der Waals surface area contributed by atoms with Crippen LogP contribution in [0.2, 0.25) is 0 Å². The number of carbonyl (C=O) groups excluding carboxylic acids is 1. The van der Waals surface area contributed by atoms with Crippen LogP contribution in [0.5, 0.6) is 0 Å². The maximum absolute atomic E-state index is 11.8. The van der Waals surface area contributed by atoms with E-state index in [-0.39, 0.29) is 6.03 Å². The fourth-order valence-corrected chi connectivity index (χ4v) is 4.00. The minimum Gasteiger partial charge on any atom is -0.337 e. The van der Waals surface area contributed by atoms with Gasteiger partial charge in [0, 0.05) is 25.0 Å². The van der Waals surface area contributed by atoms with E-state index in [1.807, 2.05) is 18.2 Å². The van der Waals surface area contributed by atoms with Crippen molar-refractivity contribution in [1.29, 1.82) is 0 Å². The van der Waals surface area contributed by atoms with Gasteiger partial charge in [-0.1, -0.05) is 55.0 Å². The van der Waals surface area contributed by atoms with Crippen LogP contribution in [0.1, 0.15) is 25.0 Å². The Balaban J connectivity index is 1.57. The molecular formula is C19H25N3OS2. The molecule has 0 fully saturated rings. The second kappa shape index (κ2) is 11.1. The van der Waals surface area contributed by atoms with Gasteiger partial charge in [0.05, 0.1) is 0 Å². The first-order chi connectivity index (χ1) is 12.1. The van der Waals surface area contributed by atoms with E-state index < -0.39 is 0 Å². The molecule has 2 N–H and O–H groups in total. The minimum absolute atomic E-state index is 0.130. The number of rotatable bonds is 9. The van der Waals surface area contributed by atoms with Crippen molar-refractivity contribution in [3.8, 4) is 0 Å². The van der Waals surface area contributed by atoms with E-state index in [9.17, 15) is 4.79 Å². The summed E-state index contributed by atoms with van der Waals surface area (Å²) in [6.07, 6.45) is 2.87. The van der Waals surface area contributed by atoms with Crippen molar-refractivity contribution in [2.45, 2.75) is 31.8 Å². The summed E-state index contributed by atoms with van der Waals surface area (Å²) in [4.78, 5) is 16.1. The van der Waals surface area contributed by atoms with Gasteiger partial charge in [0.15, 0.2) is 0 Å². The zero-order valence-electron chi connectivity index (χ0n) is 14.7. The van der Waals surface area contributed by atoms with Crippen LogP contribution in [0.25, 0.3) is 0 Å². The van der Waals surface area contributed by atoms with Crippen LogP contribution in [0.3, 0.4) is 0 Å². The molecule has 0 spiro atoms. The predicted octanol–water partition coefficient (Wildman–Crippen LogP) is 4.52. The molecule has 0 atom stereocenters. The Morgan fingerprint density at radius 2 is 1.84 bits per heavy atom. The first-order valence-electron chi connectivity index (χ1n) is 8.43. The standard InChI is InChI=1S/C19H25N3OS2/c1-15(2)13-16-6-8-17(9-7-16)14-22-19(23)21-11-12-24-25-18-5-3-4-10-20-18/h3-10,15H,11-14H2,1-2H3,(H2,21,22,23). The summed E-state index contributed by atoms with van der Waals surface area (Å²) in [7, 11) is 3.30. The number of amides is 2. The van der Waals surface area contributed by atoms with Crippen LogP contribution < -0.4 is 10.6 Å². The molecule has 1 aromatic heterocycles. The number of nitrogens with one attached hydrogen (secondary N) is 2. The molecule has 0 aliphatic heterocycles. The molecule has 1 heterocycles. The van der Waals surface area contributed by atoms with Gasteiger partial charge in [0.1, 0.15) is 5.03 Å². The topological polar surface area (TPSA) is 54.0 Å². The quantitative estimate of drug-likeness (QED) is 0.500. The molecule has 1 aromatic carbocycles. The van der Waals surface area contributed by atoms with E-state index in [0.717, 1.165) is 22.8 Å². The highest BCUT2D eigenvalue weighted by Gasteiger charge is 2.02. The molecule has 0 radical (unpaired) electrons. The van der Waals surface area contributed by atoms with Gasteiger partial charge >= 0.3 is 6.03 Å². The van der Waals surface area contributed by atoms with Crippen LogP contribution >= 0.6 is 21.6 Å². The van der Waals surface area contributed by atoms with Gasteiger partial charge in [-0.3, -0.25) is 0 Å². The highest BCUT2D eigenvalue weighted by molar-refractivity contribution is 8.76. The highest BCUT2D eigenvalue weighted by Crippen LogP contribution is 2.28. The summed E-state index contributed by atoms with van der Waals surface area (Å²) >= 11 is 0. The molecule has 4 nitrogen and oxygen atoms in total. The van der Waals surface area contributed by atoms with E-state index in [2.05, 4.69) is 53.7 Å². The lowest BCUT2D eigenvalue weighted by Gasteiger charge is -2.09. The van der Waals surface area contributed by atoms with E-state index in [1.54, 1.807) is 27.8 Å². The number of nitrogens with zero attached hydrogens (tertiary/aromatic N) is 1. The third kappa shape index (κ3) is 8.31. The SMILES string of the molecule is CC(C)Cc1ccc(CNC(=O)NCCSSc2ccccn2)cc1. The summed E-state index contributed by atoms with van der Waals surface area (Å²) in [5.74, 6) is 1.49. The van der Waals surface area contributed by atoms with Crippen molar-refractivity contribution in [2.75, 3.05) is 12.3 Å². The first-order valence-corrected chi connectivity index (χ1v) is 10.8. The second-order valence-corrected chi connectivity index (χ2v) is 8.53. The van der Waals surface area contributed by atoms with Crippen molar-refractivity contribution in [3.05, 3.63) is 59.8 Å². The average Bonchev–Trinajstić information content (AvgIpc) is 2.61. The Hall–Kier alpha value is -1.66. The molecule has 0 saturated carbocycles. The molecule has 0 bridgehead atoms. The molecule has 2 amide bonds. The number of aromatic nitrogens is 1. The number of hydrogen-bond donors (Lipinski definition) is 2. The predicted molar refractivity (Wildman–Crippen MR) is 108 cm³/mol. The lowest BCUT2D eigenvalue weighted by molar-refractivity contribution is 0.241.